The monoisotopic (exact) mass is 539 g/mol. The zero-order valence-electron chi connectivity index (χ0n) is 19.6. The molecule has 8 nitrogen and oxygen atoms in total. The normalized spacial score (nSPS) is 15.1. The molecule has 1 aliphatic heterocycles. The predicted molar refractivity (Wildman–Crippen MR) is 134 cm³/mol. The van der Waals surface area contributed by atoms with Crippen molar-refractivity contribution in [3.63, 3.8) is 0 Å². The first kappa shape index (κ1) is 27.0. The first-order chi connectivity index (χ1) is 16.4. The fourth-order valence-corrected chi connectivity index (χ4v) is 5.55. The average molecular weight is 540 g/mol. The number of benzene rings is 2. The van der Waals surface area contributed by atoms with Crippen LogP contribution >= 0.6 is 23.2 Å². The molecule has 1 N–H and O–H groups in total. The number of halogens is 2. The molecule has 0 saturated heterocycles. The van der Waals surface area contributed by atoms with E-state index in [1.54, 1.807) is 31.2 Å². The molecule has 0 spiro atoms. The third-order valence-corrected chi connectivity index (χ3v) is 8.21. The second-order valence-corrected chi connectivity index (χ2v) is 11.4. The molecule has 0 unspecified atom stereocenters. The van der Waals surface area contributed by atoms with Crippen molar-refractivity contribution >= 4 is 50.9 Å². The summed E-state index contributed by atoms with van der Waals surface area (Å²) in [6.07, 6.45) is -0.290. The highest BCUT2D eigenvalue weighted by atomic mass is 35.5. The van der Waals surface area contributed by atoms with Crippen LogP contribution in [0.15, 0.2) is 47.4 Å². The maximum absolute atomic E-state index is 13.3. The minimum atomic E-state index is -4.04. The van der Waals surface area contributed by atoms with Gasteiger partial charge in [-0.25, -0.2) is 12.7 Å². The predicted octanol–water partition coefficient (Wildman–Crippen LogP) is 3.72. The Hall–Kier alpha value is -2.62. The third-order valence-electron chi connectivity index (χ3n) is 5.63. The molecule has 0 fully saturated rings. The highest BCUT2D eigenvalue weighted by Crippen LogP contribution is 2.30. The lowest BCUT2D eigenvalue weighted by Crippen LogP contribution is -2.49. The minimum Gasteiger partial charge on any atom is -0.354 e. The Bertz CT molecular complexity index is 1250. The van der Waals surface area contributed by atoms with Crippen LogP contribution in [0, 0.1) is 5.92 Å². The summed E-state index contributed by atoms with van der Waals surface area (Å²) in [5.74, 6) is -1.28. The summed E-state index contributed by atoms with van der Waals surface area (Å²) < 4.78 is 26.3. The Morgan fingerprint density at radius 3 is 2.37 bits per heavy atom. The van der Waals surface area contributed by atoms with Gasteiger partial charge in [0.25, 0.3) is 15.9 Å². The lowest BCUT2D eigenvalue weighted by atomic mass is 10.1. The molecule has 0 radical (unpaired) electrons. The number of carbonyl (C=O) groups is 3. The van der Waals surface area contributed by atoms with Gasteiger partial charge in [0.15, 0.2) is 0 Å². The van der Waals surface area contributed by atoms with Gasteiger partial charge in [0.2, 0.25) is 11.8 Å². The Morgan fingerprint density at radius 2 is 1.74 bits per heavy atom. The molecule has 1 atom stereocenters. The van der Waals surface area contributed by atoms with Gasteiger partial charge in [-0.1, -0.05) is 55.2 Å². The van der Waals surface area contributed by atoms with Crippen LogP contribution < -0.4 is 5.32 Å². The number of nitrogens with one attached hydrogen (secondary N) is 1. The van der Waals surface area contributed by atoms with Crippen LogP contribution in [0.1, 0.15) is 43.1 Å². The van der Waals surface area contributed by atoms with Crippen molar-refractivity contribution in [3.8, 4) is 0 Å². The van der Waals surface area contributed by atoms with Crippen molar-refractivity contribution < 1.29 is 22.8 Å². The van der Waals surface area contributed by atoms with Crippen LogP contribution in [0.2, 0.25) is 10.0 Å². The average Bonchev–Trinajstić information content (AvgIpc) is 3.01. The summed E-state index contributed by atoms with van der Waals surface area (Å²) in [6.45, 7) is 5.65. The van der Waals surface area contributed by atoms with Crippen molar-refractivity contribution in [3.05, 3.63) is 63.6 Å². The number of rotatable bonds is 9. The van der Waals surface area contributed by atoms with E-state index in [1.807, 2.05) is 13.8 Å². The maximum atomic E-state index is 13.3. The molecule has 11 heteroatoms. The standard InChI is InChI=1S/C24H27Cl2N3O5S/c1-15(2)13-27-23(31)16(3)28(14-17-8-9-19(25)20(26)12-17)22(30)10-11-29-24(32)18-6-4-5-7-21(18)35(29,33)34/h4-9,12,15-16H,10-11,13-14H2,1-3H3,(H,27,31)/t16-/m1/s1. The molecule has 188 valence electrons. The molecule has 1 heterocycles. The van der Waals surface area contributed by atoms with E-state index in [1.165, 1.54) is 23.1 Å². The van der Waals surface area contributed by atoms with Crippen molar-refractivity contribution in [2.45, 2.75) is 44.7 Å². The van der Waals surface area contributed by atoms with E-state index in [2.05, 4.69) is 5.32 Å². The van der Waals surface area contributed by atoms with Crippen LogP contribution in [0.5, 0.6) is 0 Å². The molecule has 35 heavy (non-hydrogen) atoms. The van der Waals surface area contributed by atoms with Crippen LogP contribution in [0.3, 0.4) is 0 Å². The van der Waals surface area contributed by atoms with Gasteiger partial charge in [-0.05, 0) is 42.7 Å². The number of nitrogens with zero attached hydrogens (tertiary/aromatic N) is 2. The van der Waals surface area contributed by atoms with Gasteiger partial charge < -0.3 is 10.2 Å². The van der Waals surface area contributed by atoms with E-state index >= 15 is 0 Å². The molecular weight excluding hydrogens is 513 g/mol. The van der Waals surface area contributed by atoms with Crippen LogP contribution in [0.25, 0.3) is 0 Å². The summed E-state index contributed by atoms with van der Waals surface area (Å²) in [7, 11) is -4.04. The molecule has 0 aromatic heterocycles. The SMILES string of the molecule is CC(C)CNC(=O)[C@@H](C)N(Cc1ccc(Cl)c(Cl)c1)C(=O)CCN1C(=O)c2ccccc2S1(=O)=O. The highest BCUT2D eigenvalue weighted by molar-refractivity contribution is 7.90. The Kier molecular flexibility index (Phi) is 8.46. The van der Waals surface area contributed by atoms with E-state index < -0.39 is 27.9 Å². The molecule has 0 saturated carbocycles. The number of fused-ring (bicyclic) bond motifs is 1. The summed E-state index contributed by atoms with van der Waals surface area (Å²) in [5, 5.41) is 3.47. The summed E-state index contributed by atoms with van der Waals surface area (Å²) in [5.41, 5.74) is 0.725. The Morgan fingerprint density at radius 1 is 1.06 bits per heavy atom. The molecule has 0 aliphatic carbocycles. The van der Waals surface area contributed by atoms with E-state index in [0.717, 1.165) is 0 Å². The smallest absolute Gasteiger partial charge is 0.269 e. The van der Waals surface area contributed by atoms with Crippen LogP contribution in [0.4, 0.5) is 0 Å². The molecule has 2 aromatic rings. The van der Waals surface area contributed by atoms with Gasteiger partial charge in [0.05, 0.1) is 15.6 Å². The molecule has 2 aromatic carbocycles. The quantitative estimate of drug-likeness (QED) is 0.522. The van der Waals surface area contributed by atoms with Crippen LogP contribution in [-0.4, -0.2) is 54.5 Å². The van der Waals surface area contributed by atoms with Gasteiger partial charge in [-0.15, -0.1) is 0 Å². The van der Waals surface area contributed by atoms with Crippen molar-refractivity contribution in [1.29, 1.82) is 0 Å². The fourth-order valence-electron chi connectivity index (χ4n) is 3.66. The molecule has 3 amide bonds. The van der Waals surface area contributed by atoms with Crippen molar-refractivity contribution in [1.82, 2.24) is 14.5 Å². The Labute approximate surface area is 215 Å². The largest absolute Gasteiger partial charge is 0.354 e. The Balaban J connectivity index is 1.80. The van der Waals surface area contributed by atoms with Gasteiger partial charge in [0, 0.05) is 26.1 Å². The molecular formula is C24H27Cl2N3O5S. The van der Waals surface area contributed by atoms with Crippen molar-refractivity contribution in [2.75, 3.05) is 13.1 Å². The first-order valence-corrected chi connectivity index (χ1v) is 13.3. The minimum absolute atomic E-state index is 0.0485. The lowest BCUT2D eigenvalue weighted by Gasteiger charge is -2.29. The van der Waals surface area contributed by atoms with Gasteiger partial charge in [-0.2, -0.15) is 0 Å². The second kappa shape index (κ2) is 11.0. The second-order valence-electron chi connectivity index (χ2n) is 8.71. The summed E-state index contributed by atoms with van der Waals surface area (Å²) in [4.78, 5) is 40.0. The van der Waals surface area contributed by atoms with E-state index in [4.69, 9.17) is 23.2 Å². The number of carbonyl (C=O) groups excluding carboxylic acids is 3. The number of hydrogen-bond acceptors (Lipinski definition) is 5. The molecule has 0 bridgehead atoms. The van der Waals surface area contributed by atoms with Gasteiger partial charge >= 0.3 is 0 Å². The number of amides is 3. The fraction of sp³-hybridized carbons (Fsp3) is 0.375. The van der Waals surface area contributed by atoms with E-state index in [9.17, 15) is 22.8 Å². The molecule has 3 rings (SSSR count). The maximum Gasteiger partial charge on any atom is 0.269 e. The zero-order valence-corrected chi connectivity index (χ0v) is 22.0. The number of hydrogen-bond donors (Lipinski definition) is 1. The summed E-state index contributed by atoms with van der Waals surface area (Å²) in [6, 6.07) is 9.96. The third kappa shape index (κ3) is 5.97. The lowest BCUT2D eigenvalue weighted by molar-refractivity contribution is -0.140. The van der Waals surface area contributed by atoms with E-state index in [0.29, 0.717) is 26.5 Å². The van der Waals surface area contributed by atoms with Gasteiger partial charge in [-0.3, -0.25) is 14.4 Å². The zero-order chi connectivity index (χ0) is 25.9. The number of sulfonamides is 1. The highest BCUT2D eigenvalue weighted by Gasteiger charge is 2.41. The first-order valence-electron chi connectivity index (χ1n) is 11.1. The topological polar surface area (TPSA) is 104 Å². The van der Waals surface area contributed by atoms with E-state index in [-0.39, 0.29) is 41.8 Å². The van der Waals surface area contributed by atoms with Gasteiger partial charge in [0.1, 0.15) is 10.9 Å². The summed E-state index contributed by atoms with van der Waals surface area (Å²) >= 11 is 12.1. The molecule has 1 aliphatic rings. The van der Waals surface area contributed by atoms with Crippen molar-refractivity contribution in [2.24, 2.45) is 5.92 Å². The van der Waals surface area contributed by atoms with Crippen LogP contribution in [-0.2, 0) is 26.2 Å².